The van der Waals surface area contributed by atoms with E-state index < -0.39 is 24.5 Å². The highest BCUT2D eigenvalue weighted by Crippen LogP contribution is 2.31. The third-order valence-electron chi connectivity index (χ3n) is 3.67. The Balaban J connectivity index is 2.45. The molecule has 112 valence electrons. The third kappa shape index (κ3) is 4.54. The average Bonchev–Trinajstić information content (AvgIpc) is 2.79. The highest BCUT2D eigenvalue weighted by molar-refractivity contribution is 5.83. The van der Waals surface area contributed by atoms with Gasteiger partial charge >= 0.3 is 6.18 Å². The average molecular weight is 283 g/mol. The summed E-state index contributed by atoms with van der Waals surface area (Å²) in [4.78, 5) is 0. The minimum absolute atomic E-state index is 0.0648. The number of hydrogen-bond acceptors (Lipinski definition) is 4. The van der Waals surface area contributed by atoms with Crippen molar-refractivity contribution in [3.8, 4) is 0 Å². The van der Waals surface area contributed by atoms with Gasteiger partial charge in [-0.15, -0.1) is 0 Å². The van der Waals surface area contributed by atoms with Gasteiger partial charge < -0.3 is 21.4 Å². The molecular weight excluding hydrogens is 263 g/mol. The lowest BCUT2D eigenvalue weighted by molar-refractivity contribution is -0.155. The summed E-state index contributed by atoms with van der Waals surface area (Å²) in [5.74, 6) is -2.50. The molecule has 0 bridgehead atoms. The smallest absolute Gasteiger partial charge is 0.400 e. The molecule has 3 unspecified atom stereocenters. The summed E-state index contributed by atoms with van der Waals surface area (Å²) in [6.07, 6.45) is -1.75. The van der Waals surface area contributed by atoms with E-state index in [0.29, 0.717) is 6.54 Å². The molecule has 0 spiro atoms. The zero-order valence-electron chi connectivity index (χ0n) is 10.5. The fraction of sp³-hybridized carbons (Fsp3) is 0.909. The number of aliphatic hydroxyl groups is 1. The van der Waals surface area contributed by atoms with Crippen LogP contribution < -0.4 is 11.1 Å². The fourth-order valence-corrected chi connectivity index (χ4v) is 2.49. The zero-order chi connectivity index (χ0) is 14.5. The van der Waals surface area contributed by atoms with Crippen LogP contribution in [-0.4, -0.2) is 42.0 Å². The Labute approximate surface area is 109 Å². The molecule has 0 saturated heterocycles. The number of nitrogens with two attached hydrogens (primary N) is 1. The van der Waals surface area contributed by atoms with Crippen molar-refractivity contribution < 1.29 is 23.5 Å². The van der Waals surface area contributed by atoms with Gasteiger partial charge in [0.05, 0.1) is 0 Å². The Hall–Kier alpha value is -1.02. The molecule has 0 aromatic carbocycles. The molecule has 5 nitrogen and oxygen atoms in total. The van der Waals surface area contributed by atoms with Gasteiger partial charge in [-0.05, 0) is 31.2 Å². The normalized spacial score (nSPS) is 26.6. The maximum Gasteiger partial charge on any atom is 0.400 e. The maximum absolute atomic E-state index is 12.6. The number of amidine groups is 1. The first-order valence-electron chi connectivity index (χ1n) is 6.25. The molecule has 0 aliphatic heterocycles. The van der Waals surface area contributed by atoms with Crippen LogP contribution in [0.2, 0.25) is 0 Å². The van der Waals surface area contributed by atoms with Crippen LogP contribution in [-0.2, 0) is 0 Å². The van der Waals surface area contributed by atoms with Crippen LogP contribution >= 0.6 is 0 Å². The van der Waals surface area contributed by atoms with Gasteiger partial charge in [-0.2, -0.15) is 13.2 Å². The SMILES string of the molecule is NC(=NO)C(CNCC1CCCC1CO)C(F)(F)F. The van der Waals surface area contributed by atoms with Gasteiger partial charge in [0.1, 0.15) is 5.92 Å². The number of nitrogens with zero attached hydrogens (tertiary/aromatic N) is 1. The van der Waals surface area contributed by atoms with Gasteiger partial charge in [-0.3, -0.25) is 0 Å². The first-order chi connectivity index (χ1) is 8.90. The lowest BCUT2D eigenvalue weighted by atomic mass is 9.96. The largest absolute Gasteiger partial charge is 0.409 e. The first kappa shape index (κ1) is 16.0. The van der Waals surface area contributed by atoms with Crippen LogP contribution in [0.15, 0.2) is 5.16 Å². The van der Waals surface area contributed by atoms with Crippen LogP contribution in [0.3, 0.4) is 0 Å². The van der Waals surface area contributed by atoms with Crippen molar-refractivity contribution >= 4 is 5.84 Å². The molecule has 0 amide bonds. The highest BCUT2D eigenvalue weighted by atomic mass is 19.4. The summed E-state index contributed by atoms with van der Waals surface area (Å²) in [5, 5.41) is 22.6. The van der Waals surface area contributed by atoms with E-state index in [1.165, 1.54) is 0 Å². The predicted octanol–water partition coefficient (Wildman–Crippen LogP) is 0.909. The molecule has 1 fully saturated rings. The molecular formula is C11H20F3N3O2. The van der Waals surface area contributed by atoms with E-state index >= 15 is 0 Å². The highest BCUT2D eigenvalue weighted by Gasteiger charge is 2.42. The maximum atomic E-state index is 12.6. The summed E-state index contributed by atoms with van der Waals surface area (Å²) in [6, 6.07) is 0. The van der Waals surface area contributed by atoms with Gasteiger partial charge in [0.25, 0.3) is 0 Å². The van der Waals surface area contributed by atoms with Crippen LogP contribution in [0.25, 0.3) is 0 Å². The Morgan fingerprint density at radius 2 is 2.00 bits per heavy atom. The van der Waals surface area contributed by atoms with Gasteiger partial charge in [-0.1, -0.05) is 11.6 Å². The number of aliphatic hydroxyl groups excluding tert-OH is 1. The van der Waals surface area contributed by atoms with Crippen LogP contribution in [0.5, 0.6) is 0 Å². The second-order valence-corrected chi connectivity index (χ2v) is 4.91. The quantitative estimate of drug-likeness (QED) is 0.252. The molecule has 0 radical (unpaired) electrons. The molecule has 8 heteroatoms. The van der Waals surface area contributed by atoms with Crippen molar-refractivity contribution in [2.24, 2.45) is 28.6 Å². The van der Waals surface area contributed by atoms with E-state index in [4.69, 9.17) is 16.0 Å². The summed E-state index contributed by atoms with van der Waals surface area (Å²) in [5.41, 5.74) is 5.05. The summed E-state index contributed by atoms with van der Waals surface area (Å²) >= 11 is 0. The lowest BCUT2D eigenvalue weighted by Gasteiger charge is -2.22. The predicted molar refractivity (Wildman–Crippen MR) is 63.7 cm³/mol. The lowest BCUT2D eigenvalue weighted by Crippen LogP contribution is -2.44. The monoisotopic (exact) mass is 283 g/mol. The van der Waals surface area contributed by atoms with Crippen LogP contribution in [0.1, 0.15) is 19.3 Å². The van der Waals surface area contributed by atoms with Crippen molar-refractivity contribution in [2.45, 2.75) is 25.4 Å². The van der Waals surface area contributed by atoms with Crippen molar-refractivity contribution in [3.05, 3.63) is 0 Å². The Morgan fingerprint density at radius 3 is 2.53 bits per heavy atom. The standard InChI is InChI=1S/C11H20F3N3O2/c12-11(13,14)9(10(15)17-19)5-16-4-7-2-1-3-8(7)6-18/h7-9,16,18-19H,1-6H2,(H2,15,17). The van der Waals surface area contributed by atoms with E-state index in [2.05, 4.69) is 10.5 Å². The molecule has 1 saturated carbocycles. The van der Waals surface area contributed by atoms with E-state index in [1.807, 2.05) is 0 Å². The molecule has 0 aromatic rings. The Morgan fingerprint density at radius 1 is 1.37 bits per heavy atom. The molecule has 0 heterocycles. The molecule has 1 rings (SSSR count). The van der Waals surface area contributed by atoms with Gasteiger partial charge in [-0.25, -0.2) is 0 Å². The van der Waals surface area contributed by atoms with Gasteiger partial charge in [0.15, 0.2) is 5.84 Å². The Kier molecular flexibility index (Phi) is 5.86. The minimum atomic E-state index is -4.55. The summed E-state index contributed by atoms with van der Waals surface area (Å²) in [6.45, 7) is 0.0415. The molecule has 0 aromatic heterocycles. The second-order valence-electron chi connectivity index (χ2n) is 4.91. The van der Waals surface area contributed by atoms with Crippen molar-refractivity contribution in [1.29, 1.82) is 0 Å². The molecule has 1 aliphatic carbocycles. The second kappa shape index (κ2) is 6.95. The van der Waals surface area contributed by atoms with Crippen molar-refractivity contribution in [3.63, 3.8) is 0 Å². The number of hydrogen-bond donors (Lipinski definition) is 4. The molecule has 19 heavy (non-hydrogen) atoms. The van der Waals surface area contributed by atoms with Crippen LogP contribution in [0, 0.1) is 17.8 Å². The molecule has 5 N–H and O–H groups in total. The number of alkyl halides is 3. The van der Waals surface area contributed by atoms with Gasteiger partial charge in [0, 0.05) is 13.2 Å². The summed E-state index contributed by atoms with van der Waals surface area (Å²) < 4.78 is 37.9. The van der Waals surface area contributed by atoms with E-state index in [0.717, 1.165) is 19.3 Å². The topological polar surface area (TPSA) is 90.9 Å². The number of rotatable bonds is 6. The minimum Gasteiger partial charge on any atom is -0.409 e. The van der Waals surface area contributed by atoms with Crippen molar-refractivity contribution in [1.82, 2.24) is 5.32 Å². The van der Waals surface area contributed by atoms with Crippen LogP contribution in [0.4, 0.5) is 13.2 Å². The van der Waals surface area contributed by atoms with Gasteiger partial charge in [0.2, 0.25) is 0 Å². The first-order valence-corrected chi connectivity index (χ1v) is 6.25. The summed E-state index contributed by atoms with van der Waals surface area (Å²) in [7, 11) is 0. The molecule has 1 aliphatic rings. The number of halogens is 3. The van der Waals surface area contributed by atoms with Crippen molar-refractivity contribution in [2.75, 3.05) is 19.7 Å². The Bertz CT molecular complexity index is 310. The number of oxime groups is 1. The van der Waals surface area contributed by atoms with E-state index in [1.54, 1.807) is 0 Å². The zero-order valence-corrected chi connectivity index (χ0v) is 10.5. The third-order valence-corrected chi connectivity index (χ3v) is 3.67. The van der Waals surface area contributed by atoms with E-state index in [9.17, 15) is 13.2 Å². The molecule has 3 atom stereocenters. The van der Waals surface area contributed by atoms with E-state index in [-0.39, 0.29) is 18.4 Å². The fourth-order valence-electron chi connectivity index (χ4n) is 2.49. The number of nitrogens with one attached hydrogen (secondary N) is 1.